The van der Waals surface area contributed by atoms with E-state index < -0.39 is 24.6 Å². The number of hydrogen-bond donors (Lipinski definition) is 1. The third kappa shape index (κ3) is 5.75. The quantitative estimate of drug-likeness (QED) is 0.755. The van der Waals surface area contributed by atoms with Gasteiger partial charge < -0.3 is 19.5 Å². The lowest BCUT2D eigenvalue weighted by Gasteiger charge is -2.14. The third-order valence-corrected chi connectivity index (χ3v) is 3.60. The Kier molecular flexibility index (Phi) is 6.78. The molecular formula is C20H20N2O5. The van der Waals surface area contributed by atoms with E-state index >= 15 is 0 Å². The van der Waals surface area contributed by atoms with Crippen LogP contribution in [0.25, 0.3) is 0 Å². The Balaban J connectivity index is 1.86. The summed E-state index contributed by atoms with van der Waals surface area (Å²) in [7, 11) is 1.50. The maximum absolute atomic E-state index is 12.0. The minimum atomic E-state index is -0.903. The summed E-state index contributed by atoms with van der Waals surface area (Å²) in [5, 5.41) is 11.4. The molecule has 0 saturated heterocycles. The molecule has 0 aromatic heterocycles. The first kappa shape index (κ1) is 19.8. The van der Waals surface area contributed by atoms with E-state index in [-0.39, 0.29) is 0 Å². The van der Waals surface area contributed by atoms with Crippen molar-refractivity contribution in [2.24, 2.45) is 0 Å². The van der Waals surface area contributed by atoms with Gasteiger partial charge >= 0.3 is 5.97 Å². The molecular weight excluding hydrogens is 348 g/mol. The SMILES string of the molecule is COc1ccc(C)cc1NC(=O)COC(=O)C(C)Oc1ccc(C#N)cc1. The number of methoxy groups -OCH3 is 1. The highest BCUT2D eigenvalue weighted by Crippen LogP contribution is 2.25. The maximum Gasteiger partial charge on any atom is 0.347 e. The van der Waals surface area contributed by atoms with Crippen LogP contribution in [0, 0.1) is 18.3 Å². The Morgan fingerprint density at radius 3 is 2.52 bits per heavy atom. The van der Waals surface area contributed by atoms with Crippen LogP contribution >= 0.6 is 0 Å². The lowest BCUT2D eigenvalue weighted by atomic mass is 10.2. The number of hydrogen-bond acceptors (Lipinski definition) is 6. The second-order valence-corrected chi connectivity index (χ2v) is 5.76. The molecule has 1 N–H and O–H groups in total. The first-order valence-corrected chi connectivity index (χ1v) is 8.21. The maximum atomic E-state index is 12.0. The van der Waals surface area contributed by atoms with Gasteiger partial charge in [-0.3, -0.25) is 4.79 Å². The van der Waals surface area contributed by atoms with Crippen LogP contribution < -0.4 is 14.8 Å². The summed E-state index contributed by atoms with van der Waals surface area (Å²) in [5.74, 6) is -0.228. The number of amides is 1. The van der Waals surface area contributed by atoms with Crippen molar-refractivity contribution in [2.75, 3.05) is 19.0 Å². The molecule has 0 bridgehead atoms. The number of esters is 1. The molecule has 0 fully saturated rings. The number of nitriles is 1. The Morgan fingerprint density at radius 1 is 1.19 bits per heavy atom. The normalized spacial score (nSPS) is 11.0. The fraction of sp³-hybridized carbons (Fsp3) is 0.250. The molecule has 1 unspecified atom stereocenters. The number of nitrogens with one attached hydrogen (secondary N) is 1. The molecule has 2 aromatic carbocycles. The summed E-state index contributed by atoms with van der Waals surface area (Å²) in [5.41, 5.74) is 1.94. The first-order chi connectivity index (χ1) is 12.9. The summed E-state index contributed by atoms with van der Waals surface area (Å²) >= 11 is 0. The van der Waals surface area contributed by atoms with Crippen molar-refractivity contribution >= 4 is 17.6 Å². The number of rotatable bonds is 7. The monoisotopic (exact) mass is 368 g/mol. The number of carbonyl (C=O) groups is 2. The zero-order valence-electron chi connectivity index (χ0n) is 15.3. The number of anilines is 1. The lowest BCUT2D eigenvalue weighted by Crippen LogP contribution is -2.29. The second kappa shape index (κ2) is 9.25. The molecule has 1 amide bonds. The summed E-state index contributed by atoms with van der Waals surface area (Å²) < 4.78 is 15.6. The minimum Gasteiger partial charge on any atom is -0.495 e. The molecule has 0 radical (unpaired) electrons. The van der Waals surface area contributed by atoms with Crippen molar-refractivity contribution in [3.63, 3.8) is 0 Å². The van der Waals surface area contributed by atoms with Crippen LogP contribution in [-0.2, 0) is 14.3 Å². The van der Waals surface area contributed by atoms with E-state index in [0.717, 1.165) is 5.56 Å². The van der Waals surface area contributed by atoms with Crippen LogP contribution in [0.5, 0.6) is 11.5 Å². The molecule has 7 nitrogen and oxygen atoms in total. The van der Waals surface area contributed by atoms with Crippen molar-refractivity contribution in [1.82, 2.24) is 0 Å². The van der Waals surface area contributed by atoms with E-state index in [1.165, 1.54) is 14.0 Å². The molecule has 1 atom stereocenters. The smallest absolute Gasteiger partial charge is 0.347 e. The van der Waals surface area contributed by atoms with Gasteiger partial charge in [0.15, 0.2) is 12.7 Å². The lowest BCUT2D eigenvalue weighted by molar-refractivity contribution is -0.153. The predicted molar refractivity (Wildman–Crippen MR) is 98.6 cm³/mol. The van der Waals surface area contributed by atoms with Gasteiger partial charge in [-0.05, 0) is 55.8 Å². The van der Waals surface area contributed by atoms with Gasteiger partial charge in [-0.2, -0.15) is 5.26 Å². The van der Waals surface area contributed by atoms with Crippen molar-refractivity contribution in [3.05, 3.63) is 53.6 Å². The molecule has 27 heavy (non-hydrogen) atoms. The zero-order valence-corrected chi connectivity index (χ0v) is 15.3. The first-order valence-electron chi connectivity index (χ1n) is 8.21. The number of nitrogens with zero attached hydrogens (tertiary/aromatic N) is 1. The Hall–Kier alpha value is -3.53. The average molecular weight is 368 g/mol. The average Bonchev–Trinajstić information content (AvgIpc) is 2.66. The fourth-order valence-electron chi connectivity index (χ4n) is 2.22. The van der Waals surface area contributed by atoms with E-state index in [2.05, 4.69) is 5.32 Å². The van der Waals surface area contributed by atoms with Crippen LogP contribution in [-0.4, -0.2) is 31.7 Å². The van der Waals surface area contributed by atoms with Gasteiger partial charge in [0.2, 0.25) is 0 Å². The standard InChI is InChI=1S/C20H20N2O5/c1-13-4-9-18(25-3)17(10-13)22-19(23)12-26-20(24)14(2)27-16-7-5-15(11-21)6-8-16/h4-10,14H,12H2,1-3H3,(H,22,23). The van der Waals surface area contributed by atoms with Crippen LogP contribution in [0.1, 0.15) is 18.1 Å². The van der Waals surface area contributed by atoms with E-state index in [0.29, 0.717) is 22.7 Å². The molecule has 0 saturated carbocycles. The molecule has 2 rings (SSSR count). The summed E-state index contributed by atoms with van der Waals surface area (Å²) in [6.45, 7) is 2.95. The molecule has 7 heteroatoms. The van der Waals surface area contributed by atoms with Crippen LogP contribution in [0.3, 0.4) is 0 Å². The molecule has 2 aromatic rings. The van der Waals surface area contributed by atoms with Gasteiger partial charge in [-0.1, -0.05) is 6.07 Å². The van der Waals surface area contributed by atoms with E-state index in [1.807, 2.05) is 19.1 Å². The molecule has 0 aliphatic heterocycles. The highest BCUT2D eigenvalue weighted by molar-refractivity contribution is 5.94. The predicted octanol–water partition coefficient (Wildman–Crippen LogP) is 2.82. The highest BCUT2D eigenvalue weighted by atomic mass is 16.6. The Morgan fingerprint density at radius 2 is 1.89 bits per heavy atom. The summed E-state index contributed by atoms with van der Waals surface area (Å²) in [6.07, 6.45) is -0.903. The van der Waals surface area contributed by atoms with Gasteiger partial charge in [0, 0.05) is 0 Å². The minimum absolute atomic E-state index is 0.424. The van der Waals surface area contributed by atoms with Gasteiger partial charge in [-0.25, -0.2) is 4.79 Å². The molecule has 0 aliphatic carbocycles. The Labute approximate surface area is 157 Å². The van der Waals surface area contributed by atoms with Crippen LogP contribution in [0.2, 0.25) is 0 Å². The highest BCUT2D eigenvalue weighted by Gasteiger charge is 2.18. The summed E-state index contributed by atoms with van der Waals surface area (Å²) in [6, 6.07) is 13.7. The molecule has 0 aliphatic rings. The zero-order chi connectivity index (χ0) is 19.8. The van der Waals surface area contributed by atoms with Gasteiger partial charge in [-0.15, -0.1) is 0 Å². The summed E-state index contributed by atoms with van der Waals surface area (Å²) in [4.78, 5) is 24.0. The van der Waals surface area contributed by atoms with Crippen molar-refractivity contribution < 1.29 is 23.8 Å². The number of aryl methyl sites for hydroxylation is 1. The second-order valence-electron chi connectivity index (χ2n) is 5.76. The molecule has 0 heterocycles. The van der Waals surface area contributed by atoms with Crippen molar-refractivity contribution in [3.8, 4) is 17.6 Å². The van der Waals surface area contributed by atoms with Crippen LogP contribution in [0.15, 0.2) is 42.5 Å². The van der Waals surface area contributed by atoms with Gasteiger partial charge in [0.05, 0.1) is 24.4 Å². The van der Waals surface area contributed by atoms with Crippen molar-refractivity contribution in [1.29, 1.82) is 5.26 Å². The van der Waals surface area contributed by atoms with E-state index in [9.17, 15) is 9.59 Å². The van der Waals surface area contributed by atoms with Gasteiger partial charge in [0.25, 0.3) is 5.91 Å². The van der Waals surface area contributed by atoms with Crippen LogP contribution in [0.4, 0.5) is 5.69 Å². The van der Waals surface area contributed by atoms with Crippen molar-refractivity contribution in [2.45, 2.75) is 20.0 Å². The third-order valence-electron chi connectivity index (χ3n) is 3.60. The van der Waals surface area contributed by atoms with Gasteiger partial charge in [0.1, 0.15) is 11.5 Å². The van der Waals surface area contributed by atoms with E-state index in [4.69, 9.17) is 19.5 Å². The fourth-order valence-corrected chi connectivity index (χ4v) is 2.22. The largest absolute Gasteiger partial charge is 0.495 e. The number of benzene rings is 2. The van der Waals surface area contributed by atoms with E-state index in [1.54, 1.807) is 36.4 Å². The number of carbonyl (C=O) groups excluding carboxylic acids is 2. The molecule has 0 spiro atoms. The number of ether oxygens (including phenoxy) is 3. The topological polar surface area (TPSA) is 97.7 Å². The molecule has 140 valence electrons. The Bertz CT molecular complexity index is 856.